The number of amides is 1. The molecule has 1 heterocycles. The largest absolute Gasteiger partial charge is 0.378 e. The fourth-order valence-electron chi connectivity index (χ4n) is 2.79. The fourth-order valence-corrected chi connectivity index (χ4v) is 2.79. The summed E-state index contributed by atoms with van der Waals surface area (Å²) in [5.41, 5.74) is 7.31. The maximum absolute atomic E-state index is 12.5. The van der Waals surface area contributed by atoms with Gasteiger partial charge in [-0.3, -0.25) is 9.69 Å². The number of nitrogens with zero attached hydrogens (tertiary/aromatic N) is 1. The molecule has 1 aromatic carbocycles. The molecular weight excluding hydrogens is 266 g/mol. The standard InChI is InChI=1S/C16H25N3O2/c1-12(19-8-9-21-11-16(19,2)3)15(20)18-14-7-5-4-6-13(14)10-17/h4-7,12H,8-11,17H2,1-3H3,(H,18,20). The molecule has 3 N–H and O–H groups in total. The predicted octanol–water partition coefficient (Wildman–Crippen LogP) is 1.58. The number of morpholine rings is 1. The van der Waals surface area contributed by atoms with Crippen molar-refractivity contribution in [3.05, 3.63) is 29.8 Å². The Hall–Kier alpha value is -1.43. The molecule has 116 valence electrons. The molecular formula is C16H25N3O2. The molecule has 2 rings (SSSR count). The molecule has 1 amide bonds. The summed E-state index contributed by atoms with van der Waals surface area (Å²) in [6, 6.07) is 7.43. The lowest BCUT2D eigenvalue weighted by atomic mass is 9.99. The number of rotatable bonds is 4. The number of benzene rings is 1. The Kier molecular flexibility index (Phi) is 4.98. The smallest absolute Gasteiger partial charge is 0.241 e. The van der Waals surface area contributed by atoms with E-state index in [4.69, 9.17) is 10.5 Å². The molecule has 1 aliphatic heterocycles. The van der Waals surface area contributed by atoms with Gasteiger partial charge in [0.05, 0.1) is 19.3 Å². The van der Waals surface area contributed by atoms with E-state index in [1.54, 1.807) is 0 Å². The maximum atomic E-state index is 12.5. The molecule has 0 saturated carbocycles. The van der Waals surface area contributed by atoms with Gasteiger partial charge in [0.25, 0.3) is 0 Å². The summed E-state index contributed by atoms with van der Waals surface area (Å²) in [6.07, 6.45) is 0. The lowest BCUT2D eigenvalue weighted by molar-refractivity contribution is -0.129. The number of carbonyl (C=O) groups is 1. The van der Waals surface area contributed by atoms with Crippen LogP contribution in [0.2, 0.25) is 0 Å². The van der Waals surface area contributed by atoms with E-state index in [0.29, 0.717) is 19.8 Å². The van der Waals surface area contributed by atoms with Crippen molar-refractivity contribution < 1.29 is 9.53 Å². The molecule has 0 aliphatic carbocycles. The third-order valence-corrected chi connectivity index (χ3v) is 4.05. The van der Waals surface area contributed by atoms with Gasteiger partial charge >= 0.3 is 0 Å². The highest BCUT2D eigenvalue weighted by atomic mass is 16.5. The zero-order valence-corrected chi connectivity index (χ0v) is 13.1. The first-order chi connectivity index (χ1) is 9.95. The van der Waals surface area contributed by atoms with E-state index in [-0.39, 0.29) is 17.5 Å². The second-order valence-corrected chi connectivity index (χ2v) is 6.08. The van der Waals surface area contributed by atoms with E-state index < -0.39 is 0 Å². The molecule has 5 heteroatoms. The highest BCUT2D eigenvalue weighted by Crippen LogP contribution is 2.23. The summed E-state index contributed by atoms with van der Waals surface area (Å²) in [4.78, 5) is 14.7. The van der Waals surface area contributed by atoms with Gasteiger partial charge in [-0.05, 0) is 32.4 Å². The van der Waals surface area contributed by atoms with Crippen LogP contribution >= 0.6 is 0 Å². The first kappa shape index (κ1) is 15.9. The molecule has 0 spiro atoms. The van der Waals surface area contributed by atoms with Crippen LogP contribution in [-0.2, 0) is 16.1 Å². The first-order valence-corrected chi connectivity index (χ1v) is 7.39. The zero-order chi connectivity index (χ0) is 15.5. The number of para-hydroxylation sites is 1. The summed E-state index contributed by atoms with van der Waals surface area (Å²) in [5, 5.41) is 2.99. The Balaban J connectivity index is 2.09. The Bertz CT molecular complexity index is 502. The van der Waals surface area contributed by atoms with E-state index in [1.807, 2.05) is 31.2 Å². The molecule has 1 saturated heterocycles. The Labute approximate surface area is 126 Å². The normalized spacial score (nSPS) is 20.0. The minimum Gasteiger partial charge on any atom is -0.378 e. The molecule has 0 radical (unpaired) electrons. The van der Waals surface area contributed by atoms with Crippen LogP contribution in [0.5, 0.6) is 0 Å². The van der Waals surface area contributed by atoms with Gasteiger partial charge in [-0.25, -0.2) is 0 Å². The number of nitrogens with two attached hydrogens (primary N) is 1. The minimum atomic E-state index is -0.213. The summed E-state index contributed by atoms with van der Waals surface area (Å²) >= 11 is 0. The molecule has 0 bridgehead atoms. The van der Waals surface area contributed by atoms with Gasteiger partial charge in [0.15, 0.2) is 0 Å². The van der Waals surface area contributed by atoms with Crippen molar-refractivity contribution in [3.63, 3.8) is 0 Å². The number of hydrogen-bond donors (Lipinski definition) is 2. The van der Waals surface area contributed by atoms with Crippen molar-refractivity contribution >= 4 is 11.6 Å². The molecule has 1 aromatic rings. The van der Waals surface area contributed by atoms with Crippen LogP contribution in [-0.4, -0.2) is 42.1 Å². The van der Waals surface area contributed by atoms with Crippen LogP contribution in [0.1, 0.15) is 26.3 Å². The predicted molar refractivity (Wildman–Crippen MR) is 84.0 cm³/mol. The van der Waals surface area contributed by atoms with E-state index >= 15 is 0 Å². The Morgan fingerprint density at radius 1 is 1.48 bits per heavy atom. The third-order valence-electron chi connectivity index (χ3n) is 4.05. The van der Waals surface area contributed by atoms with Crippen molar-refractivity contribution in [2.24, 2.45) is 5.73 Å². The van der Waals surface area contributed by atoms with Crippen molar-refractivity contribution in [1.29, 1.82) is 0 Å². The highest BCUT2D eigenvalue weighted by molar-refractivity contribution is 5.95. The van der Waals surface area contributed by atoms with Gasteiger partial charge in [-0.2, -0.15) is 0 Å². The van der Waals surface area contributed by atoms with E-state index in [2.05, 4.69) is 24.1 Å². The monoisotopic (exact) mass is 291 g/mol. The molecule has 5 nitrogen and oxygen atoms in total. The maximum Gasteiger partial charge on any atom is 0.241 e. The molecule has 1 unspecified atom stereocenters. The van der Waals surface area contributed by atoms with Crippen molar-refractivity contribution in [1.82, 2.24) is 4.90 Å². The second kappa shape index (κ2) is 6.56. The van der Waals surface area contributed by atoms with Crippen LogP contribution < -0.4 is 11.1 Å². The fraction of sp³-hybridized carbons (Fsp3) is 0.562. The van der Waals surface area contributed by atoms with E-state index in [9.17, 15) is 4.79 Å². The van der Waals surface area contributed by atoms with Gasteiger partial charge in [-0.1, -0.05) is 18.2 Å². The Morgan fingerprint density at radius 2 is 2.19 bits per heavy atom. The van der Waals surface area contributed by atoms with Gasteiger partial charge in [0, 0.05) is 24.3 Å². The van der Waals surface area contributed by atoms with Gasteiger partial charge in [0.1, 0.15) is 0 Å². The number of anilines is 1. The molecule has 1 atom stereocenters. The highest BCUT2D eigenvalue weighted by Gasteiger charge is 2.36. The van der Waals surface area contributed by atoms with Crippen molar-refractivity contribution in [3.8, 4) is 0 Å². The molecule has 1 fully saturated rings. The van der Waals surface area contributed by atoms with Crippen molar-refractivity contribution in [2.75, 3.05) is 25.1 Å². The third kappa shape index (κ3) is 3.61. The summed E-state index contributed by atoms with van der Waals surface area (Å²) in [5.74, 6) is -0.00845. The summed E-state index contributed by atoms with van der Waals surface area (Å²) in [6.45, 7) is 8.62. The molecule has 21 heavy (non-hydrogen) atoms. The minimum absolute atomic E-state index is 0.00845. The second-order valence-electron chi connectivity index (χ2n) is 6.08. The average molecular weight is 291 g/mol. The van der Waals surface area contributed by atoms with E-state index in [1.165, 1.54) is 0 Å². The van der Waals surface area contributed by atoms with Crippen LogP contribution in [0.3, 0.4) is 0 Å². The Morgan fingerprint density at radius 3 is 2.86 bits per heavy atom. The van der Waals surface area contributed by atoms with Crippen LogP contribution in [0.15, 0.2) is 24.3 Å². The number of hydrogen-bond acceptors (Lipinski definition) is 4. The lowest BCUT2D eigenvalue weighted by Crippen LogP contribution is -2.59. The van der Waals surface area contributed by atoms with Crippen molar-refractivity contribution in [2.45, 2.75) is 38.9 Å². The summed E-state index contributed by atoms with van der Waals surface area (Å²) in [7, 11) is 0. The number of nitrogens with one attached hydrogen (secondary N) is 1. The average Bonchev–Trinajstić information content (AvgIpc) is 2.46. The van der Waals surface area contributed by atoms with Gasteiger partial charge in [0.2, 0.25) is 5.91 Å². The number of ether oxygens (including phenoxy) is 1. The lowest BCUT2D eigenvalue weighted by Gasteiger charge is -2.44. The quantitative estimate of drug-likeness (QED) is 0.884. The van der Waals surface area contributed by atoms with Gasteiger partial charge < -0.3 is 15.8 Å². The summed E-state index contributed by atoms with van der Waals surface area (Å²) < 4.78 is 5.51. The van der Waals surface area contributed by atoms with Crippen LogP contribution in [0, 0.1) is 0 Å². The van der Waals surface area contributed by atoms with E-state index in [0.717, 1.165) is 17.8 Å². The van der Waals surface area contributed by atoms with Gasteiger partial charge in [-0.15, -0.1) is 0 Å². The SMILES string of the molecule is CC(C(=O)Nc1ccccc1CN)N1CCOCC1(C)C. The van der Waals surface area contributed by atoms with Crippen LogP contribution in [0.4, 0.5) is 5.69 Å². The number of carbonyl (C=O) groups excluding carboxylic acids is 1. The molecule has 0 aromatic heterocycles. The molecule has 1 aliphatic rings. The zero-order valence-electron chi connectivity index (χ0n) is 13.1. The van der Waals surface area contributed by atoms with Crippen LogP contribution in [0.25, 0.3) is 0 Å². The first-order valence-electron chi connectivity index (χ1n) is 7.39. The topological polar surface area (TPSA) is 67.6 Å².